The highest BCUT2D eigenvalue weighted by atomic mass is 16.4. The summed E-state index contributed by atoms with van der Waals surface area (Å²) in [7, 11) is 0. The molecular weight excluding hydrogens is 256 g/mol. The molecule has 0 aliphatic carbocycles. The maximum atomic E-state index is 12.5. The summed E-state index contributed by atoms with van der Waals surface area (Å²) < 4.78 is 0. The van der Waals surface area contributed by atoms with E-state index in [1.165, 1.54) is 4.90 Å². The predicted molar refractivity (Wildman–Crippen MR) is 75.4 cm³/mol. The van der Waals surface area contributed by atoms with Crippen molar-refractivity contribution in [2.75, 3.05) is 13.1 Å². The lowest BCUT2D eigenvalue weighted by atomic mass is 9.93. The summed E-state index contributed by atoms with van der Waals surface area (Å²) >= 11 is 0. The Morgan fingerprint density at radius 3 is 2.40 bits per heavy atom. The fourth-order valence-corrected chi connectivity index (χ4v) is 2.69. The third kappa shape index (κ3) is 2.61. The number of carbonyl (C=O) groups is 2. The van der Waals surface area contributed by atoms with E-state index in [1.54, 1.807) is 4.90 Å². The summed E-state index contributed by atoms with van der Waals surface area (Å²) in [6, 6.07) is 7.10. The fourth-order valence-electron chi connectivity index (χ4n) is 2.69. The molecule has 5 nitrogen and oxygen atoms in total. The van der Waals surface area contributed by atoms with Crippen molar-refractivity contribution in [3.05, 3.63) is 35.4 Å². The first-order valence-corrected chi connectivity index (χ1v) is 6.93. The van der Waals surface area contributed by atoms with E-state index in [9.17, 15) is 14.7 Å². The number of likely N-dealkylation sites (N-methyl/N-ethyl adjacent to an activating group) is 1. The largest absolute Gasteiger partial charge is 0.465 e. The molecule has 1 aliphatic rings. The third-order valence-corrected chi connectivity index (χ3v) is 3.85. The molecule has 0 aromatic heterocycles. The van der Waals surface area contributed by atoms with Gasteiger partial charge in [0.2, 0.25) is 5.91 Å². The third-order valence-electron chi connectivity index (χ3n) is 3.85. The lowest BCUT2D eigenvalue weighted by Crippen LogP contribution is -2.53. The van der Waals surface area contributed by atoms with Crippen molar-refractivity contribution in [1.29, 1.82) is 0 Å². The average molecular weight is 276 g/mol. The maximum absolute atomic E-state index is 12.5. The van der Waals surface area contributed by atoms with Crippen LogP contribution in [0, 0.1) is 0 Å². The summed E-state index contributed by atoms with van der Waals surface area (Å²) in [6.45, 7) is 5.29. The minimum Gasteiger partial charge on any atom is -0.465 e. The van der Waals surface area contributed by atoms with Gasteiger partial charge in [-0.2, -0.15) is 0 Å². The summed E-state index contributed by atoms with van der Waals surface area (Å²) in [6.07, 6.45) is -0.581. The van der Waals surface area contributed by atoms with Crippen LogP contribution in [0.25, 0.3) is 0 Å². The number of carboxylic acid groups (broad SMARTS) is 1. The molecule has 1 heterocycles. The van der Waals surface area contributed by atoms with Gasteiger partial charge in [-0.25, -0.2) is 4.79 Å². The Balaban J connectivity index is 2.31. The van der Waals surface area contributed by atoms with Gasteiger partial charge in [-0.15, -0.1) is 0 Å². The molecule has 0 saturated heterocycles. The molecule has 0 saturated carbocycles. The highest BCUT2D eigenvalue weighted by molar-refractivity contribution is 5.86. The van der Waals surface area contributed by atoms with Crippen LogP contribution < -0.4 is 0 Å². The summed E-state index contributed by atoms with van der Waals surface area (Å²) in [5.41, 5.74) is 2.05. The average Bonchev–Trinajstić information content (AvgIpc) is 2.46. The molecular formula is C15H20N2O3. The van der Waals surface area contributed by atoms with Crippen molar-refractivity contribution >= 4 is 12.0 Å². The van der Waals surface area contributed by atoms with Gasteiger partial charge in [0.05, 0.1) is 6.54 Å². The van der Waals surface area contributed by atoms with E-state index in [0.717, 1.165) is 11.1 Å². The normalized spacial score (nSPS) is 17.5. The van der Waals surface area contributed by atoms with Gasteiger partial charge >= 0.3 is 6.09 Å². The summed E-state index contributed by atoms with van der Waals surface area (Å²) in [5.74, 6) is -0.105. The van der Waals surface area contributed by atoms with E-state index < -0.39 is 12.1 Å². The van der Waals surface area contributed by atoms with E-state index in [1.807, 2.05) is 38.1 Å². The van der Waals surface area contributed by atoms with Crippen LogP contribution in [0.15, 0.2) is 24.3 Å². The van der Waals surface area contributed by atoms with Crippen molar-refractivity contribution in [3.8, 4) is 0 Å². The van der Waals surface area contributed by atoms with E-state index in [2.05, 4.69) is 0 Å². The first-order valence-electron chi connectivity index (χ1n) is 6.93. The smallest absolute Gasteiger partial charge is 0.408 e. The number of rotatable bonds is 3. The van der Waals surface area contributed by atoms with Crippen LogP contribution in [0.4, 0.5) is 4.79 Å². The Kier molecular flexibility index (Phi) is 4.27. The Morgan fingerprint density at radius 2 is 1.85 bits per heavy atom. The highest BCUT2D eigenvalue weighted by Gasteiger charge is 2.36. The Hall–Kier alpha value is -2.04. The number of nitrogens with zero attached hydrogens (tertiary/aromatic N) is 2. The van der Waals surface area contributed by atoms with E-state index >= 15 is 0 Å². The molecule has 0 radical (unpaired) electrons. The van der Waals surface area contributed by atoms with E-state index in [4.69, 9.17) is 0 Å². The van der Waals surface area contributed by atoms with Crippen LogP contribution in [0.2, 0.25) is 0 Å². The van der Waals surface area contributed by atoms with E-state index in [-0.39, 0.29) is 12.5 Å². The Labute approximate surface area is 118 Å². The number of benzene rings is 1. The monoisotopic (exact) mass is 276 g/mol. The molecule has 5 heteroatoms. The Bertz CT molecular complexity index is 512. The molecule has 2 rings (SSSR count). The number of hydrogen-bond acceptors (Lipinski definition) is 2. The van der Waals surface area contributed by atoms with Crippen molar-refractivity contribution in [3.63, 3.8) is 0 Å². The first-order chi connectivity index (χ1) is 9.58. The molecule has 108 valence electrons. The molecule has 2 amide bonds. The zero-order chi connectivity index (χ0) is 14.7. The van der Waals surface area contributed by atoms with Gasteiger partial charge in [0.15, 0.2) is 0 Å². The second kappa shape index (κ2) is 5.94. The number of hydrogen-bond donors (Lipinski definition) is 1. The number of amides is 2. The van der Waals surface area contributed by atoms with Gasteiger partial charge in [-0.05, 0) is 25.0 Å². The molecule has 0 fully saturated rings. The van der Waals surface area contributed by atoms with Crippen LogP contribution in [-0.2, 0) is 17.8 Å². The molecule has 0 bridgehead atoms. The summed E-state index contributed by atoms with van der Waals surface area (Å²) in [5, 5.41) is 9.37. The van der Waals surface area contributed by atoms with Gasteiger partial charge in [0, 0.05) is 19.5 Å². The van der Waals surface area contributed by atoms with Crippen LogP contribution in [0.5, 0.6) is 0 Å². The van der Waals surface area contributed by atoms with E-state index in [0.29, 0.717) is 19.5 Å². The summed E-state index contributed by atoms with van der Waals surface area (Å²) in [4.78, 5) is 26.9. The second-order valence-electron chi connectivity index (χ2n) is 4.91. The minimum absolute atomic E-state index is 0.105. The fraction of sp³-hybridized carbons (Fsp3) is 0.467. The minimum atomic E-state index is -1.04. The van der Waals surface area contributed by atoms with Crippen LogP contribution >= 0.6 is 0 Å². The van der Waals surface area contributed by atoms with Crippen molar-refractivity contribution in [2.24, 2.45) is 0 Å². The van der Waals surface area contributed by atoms with Crippen LogP contribution in [-0.4, -0.2) is 46.0 Å². The molecule has 1 aromatic carbocycles. The highest BCUT2D eigenvalue weighted by Crippen LogP contribution is 2.24. The van der Waals surface area contributed by atoms with Gasteiger partial charge in [0.25, 0.3) is 0 Å². The van der Waals surface area contributed by atoms with Gasteiger partial charge in [-0.1, -0.05) is 24.3 Å². The zero-order valence-electron chi connectivity index (χ0n) is 11.9. The van der Waals surface area contributed by atoms with Crippen LogP contribution in [0.1, 0.15) is 25.0 Å². The molecule has 0 unspecified atom stereocenters. The molecule has 0 spiro atoms. The molecule has 1 atom stereocenters. The topological polar surface area (TPSA) is 60.9 Å². The van der Waals surface area contributed by atoms with Gasteiger partial charge in [0.1, 0.15) is 6.04 Å². The number of fused-ring (bicyclic) bond motifs is 1. The standard InChI is InChI=1S/C15H20N2O3/c1-3-16(4-2)14(18)13-9-11-7-5-6-8-12(11)10-17(13)15(19)20/h5-8,13H,3-4,9-10H2,1-2H3,(H,19,20)/t13-/m0/s1. The lowest BCUT2D eigenvalue weighted by molar-refractivity contribution is -0.136. The Morgan fingerprint density at radius 1 is 1.25 bits per heavy atom. The number of carbonyl (C=O) groups excluding carboxylic acids is 1. The van der Waals surface area contributed by atoms with Crippen LogP contribution in [0.3, 0.4) is 0 Å². The first kappa shape index (κ1) is 14.4. The van der Waals surface area contributed by atoms with Gasteiger partial charge < -0.3 is 10.0 Å². The SMILES string of the molecule is CCN(CC)C(=O)[C@@H]1Cc2ccccc2CN1C(=O)O. The lowest BCUT2D eigenvalue weighted by Gasteiger charge is -2.36. The van der Waals surface area contributed by atoms with Crippen molar-refractivity contribution < 1.29 is 14.7 Å². The predicted octanol–water partition coefficient (Wildman–Crippen LogP) is 1.96. The molecule has 1 aliphatic heterocycles. The quantitative estimate of drug-likeness (QED) is 0.918. The van der Waals surface area contributed by atoms with Crippen molar-refractivity contribution in [2.45, 2.75) is 32.9 Å². The second-order valence-corrected chi connectivity index (χ2v) is 4.91. The maximum Gasteiger partial charge on any atom is 0.408 e. The molecule has 1 N–H and O–H groups in total. The molecule has 1 aromatic rings. The van der Waals surface area contributed by atoms with Gasteiger partial charge in [-0.3, -0.25) is 9.69 Å². The van der Waals surface area contributed by atoms with Crippen molar-refractivity contribution in [1.82, 2.24) is 9.80 Å². The zero-order valence-corrected chi connectivity index (χ0v) is 11.9. The molecule has 20 heavy (non-hydrogen) atoms.